The Morgan fingerprint density at radius 2 is 2.27 bits per heavy atom. The van der Waals surface area contributed by atoms with Gasteiger partial charge in [-0.1, -0.05) is 6.04 Å². The van der Waals surface area contributed by atoms with E-state index in [0.29, 0.717) is 0 Å². The fraction of sp³-hybridized carbons (Fsp3) is 0. The maximum Gasteiger partial charge on any atom is 0.116 e. The predicted octanol–water partition coefficient (Wildman–Crippen LogP) is 1.94. The number of aromatic hydroxyl groups is 1. The molecular formula is C9H7NO. The van der Waals surface area contributed by atoms with Crippen molar-refractivity contribution in [3.8, 4) is 5.75 Å². The van der Waals surface area contributed by atoms with Crippen LogP contribution in [-0.2, 0) is 0 Å². The molecule has 2 nitrogen and oxygen atoms in total. The molecule has 0 spiro atoms. The van der Waals surface area contributed by atoms with Crippen molar-refractivity contribution in [3.63, 3.8) is 0 Å². The smallest absolute Gasteiger partial charge is 0.116 e. The van der Waals surface area contributed by atoms with Gasteiger partial charge in [-0.05, 0) is 24.2 Å². The maximum atomic E-state index is 9.46. The van der Waals surface area contributed by atoms with Crippen LogP contribution >= 0.6 is 0 Å². The fourth-order valence-corrected chi connectivity index (χ4v) is 0.738. The van der Waals surface area contributed by atoms with E-state index in [1.807, 2.05) is 0 Å². The van der Waals surface area contributed by atoms with Crippen LogP contribution < -0.4 is 0 Å². The van der Waals surface area contributed by atoms with Crippen molar-refractivity contribution in [1.82, 2.24) is 4.98 Å². The average molecular weight is 151 g/mol. The zero-order chi connectivity index (χ0) is 12.9. The number of fused-ring (bicyclic) bond motifs is 1. The Morgan fingerprint density at radius 1 is 1.36 bits per heavy atom. The molecule has 0 atom stereocenters. The molecule has 54 valence electrons. The SMILES string of the molecule is [2H]c1nc2c([2H])c([2H])c(O)c([2H])c2c([2H])c1[2H]. The molecule has 2 aromatic rings. The molecule has 0 aliphatic carbocycles. The van der Waals surface area contributed by atoms with Gasteiger partial charge in [0.2, 0.25) is 0 Å². The molecule has 1 aromatic heterocycles. The summed E-state index contributed by atoms with van der Waals surface area (Å²) in [7, 11) is 0. The Bertz CT molecular complexity index is 633. The van der Waals surface area contributed by atoms with Gasteiger partial charge in [0.1, 0.15) is 5.75 Å². The molecular weight excluding hydrogens is 138 g/mol. The van der Waals surface area contributed by atoms with Crippen LogP contribution in [0.1, 0.15) is 8.22 Å². The molecule has 0 amide bonds. The van der Waals surface area contributed by atoms with Gasteiger partial charge < -0.3 is 5.11 Å². The zero-order valence-electron chi connectivity index (χ0n) is 11.4. The summed E-state index contributed by atoms with van der Waals surface area (Å²) in [5.74, 6) is -0.713. The Hall–Kier alpha value is -1.57. The standard InChI is InChI=1S/C9H7NO/c11-8-3-4-9-7(6-8)2-1-5-10-9/h1-6,11H/i1D,2D,3D,4D,5D,6D. The van der Waals surface area contributed by atoms with Gasteiger partial charge in [-0.3, -0.25) is 4.98 Å². The second kappa shape index (κ2) is 2.23. The monoisotopic (exact) mass is 151 g/mol. The van der Waals surface area contributed by atoms with Crippen molar-refractivity contribution in [2.24, 2.45) is 0 Å². The third kappa shape index (κ3) is 1.03. The molecule has 11 heavy (non-hydrogen) atoms. The van der Waals surface area contributed by atoms with Crippen LogP contribution in [0.4, 0.5) is 0 Å². The van der Waals surface area contributed by atoms with E-state index in [-0.39, 0.29) is 10.9 Å². The second-order valence-electron chi connectivity index (χ2n) is 1.92. The minimum atomic E-state index is -0.713. The summed E-state index contributed by atoms with van der Waals surface area (Å²) in [5.41, 5.74) is -0.177. The van der Waals surface area contributed by atoms with Crippen molar-refractivity contribution in [3.05, 3.63) is 36.4 Å². The number of hydrogen-bond donors (Lipinski definition) is 1. The number of phenolic OH excluding ortho intramolecular Hbond substituents is 1. The number of hydrogen-bond acceptors (Lipinski definition) is 2. The first kappa shape index (κ1) is 2.48. The van der Waals surface area contributed by atoms with E-state index in [2.05, 4.69) is 4.98 Å². The average Bonchev–Trinajstić information content (AvgIpc) is 2.30. The van der Waals surface area contributed by atoms with Crippen LogP contribution in [0, 0.1) is 0 Å². The van der Waals surface area contributed by atoms with Crippen LogP contribution in [0.5, 0.6) is 5.75 Å². The van der Waals surface area contributed by atoms with Crippen LogP contribution in [0.15, 0.2) is 36.4 Å². The van der Waals surface area contributed by atoms with Crippen LogP contribution in [-0.4, -0.2) is 10.1 Å². The lowest BCUT2D eigenvalue weighted by molar-refractivity contribution is 0.476. The van der Waals surface area contributed by atoms with Crippen molar-refractivity contribution < 1.29 is 13.3 Å². The summed E-state index contributed by atoms with van der Waals surface area (Å²) < 4.78 is 44.9. The molecule has 0 fully saturated rings. The van der Waals surface area contributed by atoms with E-state index >= 15 is 0 Å². The molecule has 0 bridgehead atoms. The first-order valence-electron chi connectivity index (χ1n) is 5.92. The summed E-state index contributed by atoms with van der Waals surface area (Å²) >= 11 is 0. The number of nitrogens with zero attached hydrogens (tertiary/aromatic N) is 1. The van der Waals surface area contributed by atoms with Gasteiger partial charge in [0.15, 0.2) is 0 Å². The highest BCUT2D eigenvalue weighted by molar-refractivity contribution is 5.79. The molecule has 0 radical (unpaired) electrons. The van der Waals surface area contributed by atoms with Gasteiger partial charge >= 0.3 is 0 Å². The summed E-state index contributed by atoms with van der Waals surface area (Å²) in [6.07, 6.45) is -0.486. The molecule has 1 N–H and O–H groups in total. The summed E-state index contributed by atoms with van der Waals surface area (Å²) in [6, 6.07) is -2.43. The highest BCUT2D eigenvalue weighted by Crippen LogP contribution is 2.16. The Morgan fingerprint density at radius 3 is 3.18 bits per heavy atom. The second-order valence-corrected chi connectivity index (χ2v) is 1.92. The molecule has 0 unspecified atom stereocenters. The lowest BCUT2D eigenvalue weighted by atomic mass is 10.2. The van der Waals surface area contributed by atoms with E-state index in [0.717, 1.165) is 0 Å². The Kier molecular flexibility index (Phi) is 0.504. The van der Waals surface area contributed by atoms with Crippen molar-refractivity contribution in [2.75, 3.05) is 0 Å². The molecule has 2 rings (SSSR count). The zero-order valence-corrected chi connectivity index (χ0v) is 5.39. The third-order valence-electron chi connectivity index (χ3n) is 1.19. The number of pyridine rings is 1. The van der Waals surface area contributed by atoms with E-state index in [1.54, 1.807) is 0 Å². The van der Waals surface area contributed by atoms with E-state index < -0.39 is 42.1 Å². The summed E-state index contributed by atoms with van der Waals surface area (Å²) in [6.45, 7) is 0. The molecule has 0 saturated carbocycles. The van der Waals surface area contributed by atoms with Crippen molar-refractivity contribution >= 4 is 10.9 Å². The van der Waals surface area contributed by atoms with Gasteiger partial charge in [0, 0.05) is 11.6 Å². The van der Waals surface area contributed by atoms with Crippen LogP contribution in [0.3, 0.4) is 0 Å². The lowest BCUT2D eigenvalue weighted by Gasteiger charge is -1.95. The predicted molar refractivity (Wildman–Crippen MR) is 43.4 cm³/mol. The molecule has 1 heterocycles. The van der Waals surface area contributed by atoms with Gasteiger partial charge in [0.25, 0.3) is 0 Å². The van der Waals surface area contributed by atoms with E-state index in [4.69, 9.17) is 8.22 Å². The minimum Gasteiger partial charge on any atom is -0.508 e. The molecule has 0 saturated heterocycles. The van der Waals surface area contributed by atoms with Crippen molar-refractivity contribution in [1.29, 1.82) is 0 Å². The summed E-state index contributed by atoms with van der Waals surface area (Å²) in [5, 5.41) is 9.28. The first-order chi connectivity index (χ1) is 7.86. The van der Waals surface area contributed by atoms with E-state index in [1.165, 1.54) is 0 Å². The normalized spacial score (nSPS) is 17.8. The largest absolute Gasteiger partial charge is 0.508 e. The van der Waals surface area contributed by atoms with Gasteiger partial charge in [-0.2, -0.15) is 0 Å². The number of rotatable bonds is 0. The molecule has 0 aliphatic heterocycles. The lowest BCUT2D eigenvalue weighted by Crippen LogP contribution is -1.75. The maximum absolute atomic E-state index is 9.46. The molecule has 1 aromatic carbocycles. The van der Waals surface area contributed by atoms with Crippen LogP contribution in [0.2, 0.25) is 0 Å². The van der Waals surface area contributed by atoms with E-state index in [9.17, 15) is 5.11 Å². The van der Waals surface area contributed by atoms with Crippen LogP contribution in [0.25, 0.3) is 10.9 Å². The minimum absolute atomic E-state index is 0.176. The number of phenols is 1. The Balaban J connectivity index is 3.12. The topological polar surface area (TPSA) is 33.1 Å². The van der Waals surface area contributed by atoms with Crippen molar-refractivity contribution in [2.45, 2.75) is 0 Å². The highest BCUT2D eigenvalue weighted by atomic mass is 16.3. The fourth-order valence-electron chi connectivity index (χ4n) is 0.738. The number of aromatic nitrogens is 1. The number of benzene rings is 1. The summed E-state index contributed by atoms with van der Waals surface area (Å²) in [4.78, 5) is 3.62. The Labute approximate surface area is 72.6 Å². The molecule has 2 heteroatoms. The van der Waals surface area contributed by atoms with Gasteiger partial charge in [-0.25, -0.2) is 0 Å². The quantitative estimate of drug-likeness (QED) is 0.624. The first-order valence-corrected chi connectivity index (χ1v) is 2.92. The van der Waals surface area contributed by atoms with Gasteiger partial charge in [-0.15, -0.1) is 0 Å². The highest BCUT2D eigenvalue weighted by Gasteiger charge is 1.92. The third-order valence-corrected chi connectivity index (χ3v) is 1.19. The van der Waals surface area contributed by atoms with Gasteiger partial charge in [0.05, 0.1) is 13.7 Å². The molecule has 0 aliphatic rings.